The number of fused-ring (bicyclic) bond motifs is 1. The van der Waals surface area contributed by atoms with E-state index in [9.17, 15) is 0 Å². The van der Waals surface area contributed by atoms with Gasteiger partial charge in [-0.05, 0) is 38.0 Å². The second kappa shape index (κ2) is 5.29. The van der Waals surface area contributed by atoms with E-state index in [-0.39, 0.29) is 0 Å². The number of hydrogen-bond acceptors (Lipinski definition) is 3. The quantitative estimate of drug-likeness (QED) is 0.779. The van der Waals surface area contributed by atoms with Crippen molar-refractivity contribution in [2.75, 3.05) is 5.32 Å². The minimum absolute atomic E-state index is 0.803. The van der Waals surface area contributed by atoms with Gasteiger partial charge in [0.1, 0.15) is 0 Å². The molecule has 2 heterocycles. The Morgan fingerprint density at radius 1 is 1.30 bits per heavy atom. The maximum absolute atomic E-state index is 4.62. The Morgan fingerprint density at radius 3 is 2.95 bits per heavy atom. The molecule has 0 saturated carbocycles. The summed E-state index contributed by atoms with van der Waals surface area (Å²) in [6, 6.07) is 8.60. The van der Waals surface area contributed by atoms with E-state index < -0.39 is 0 Å². The Hall–Kier alpha value is -1.81. The van der Waals surface area contributed by atoms with Crippen molar-refractivity contribution in [3.8, 4) is 0 Å². The van der Waals surface area contributed by atoms with E-state index in [0.717, 1.165) is 23.6 Å². The summed E-state index contributed by atoms with van der Waals surface area (Å²) in [4.78, 5) is 5.70. The van der Waals surface area contributed by atoms with E-state index in [0.29, 0.717) is 0 Å². The van der Waals surface area contributed by atoms with Gasteiger partial charge in [0.15, 0.2) is 4.96 Å². The van der Waals surface area contributed by atoms with E-state index >= 15 is 0 Å². The van der Waals surface area contributed by atoms with Crippen LogP contribution in [-0.4, -0.2) is 9.38 Å². The standard InChI is InChI=1S/C16H19N3S/c1-4-13-6-5-7-14(8-13)17-9-15-12(3)18-16-19(15)11(2)10-20-16/h5-8,10,17H,4,9H2,1-3H3. The third-order valence-corrected chi connectivity index (χ3v) is 4.57. The van der Waals surface area contributed by atoms with Crippen LogP contribution in [0.5, 0.6) is 0 Å². The minimum Gasteiger partial charge on any atom is -0.379 e. The lowest BCUT2D eigenvalue weighted by Crippen LogP contribution is -2.04. The predicted molar refractivity (Wildman–Crippen MR) is 85.7 cm³/mol. The van der Waals surface area contributed by atoms with Gasteiger partial charge in [0.25, 0.3) is 0 Å². The van der Waals surface area contributed by atoms with Gasteiger partial charge in [-0.2, -0.15) is 0 Å². The number of anilines is 1. The smallest absolute Gasteiger partial charge is 0.194 e. The van der Waals surface area contributed by atoms with Gasteiger partial charge in [-0.25, -0.2) is 4.98 Å². The van der Waals surface area contributed by atoms with Crippen LogP contribution in [0.2, 0.25) is 0 Å². The molecule has 3 rings (SSSR count). The Kier molecular flexibility index (Phi) is 3.49. The van der Waals surface area contributed by atoms with Gasteiger partial charge < -0.3 is 5.32 Å². The fraction of sp³-hybridized carbons (Fsp3) is 0.312. The largest absolute Gasteiger partial charge is 0.379 e. The van der Waals surface area contributed by atoms with Crippen LogP contribution in [0.1, 0.15) is 29.6 Å². The average Bonchev–Trinajstić information content (AvgIpc) is 2.96. The van der Waals surface area contributed by atoms with Crippen molar-refractivity contribution in [1.82, 2.24) is 9.38 Å². The molecule has 4 heteroatoms. The first-order valence-electron chi connectivity index (χ1n) is 6.94. The fourth-order valence-corrected chi connectivity index (χ4v) is 3.39. The zero-order chi connectivity index (χ0) is 14.1. The van der Waals surface area contributed by atoms with E-state index in [2.05, 4.69) is 65.1 Å². The van der Waals surface area contributed by atoms with Crippen molar-refractivity contribution in [3.05, 3.63) is 52.3 Å². The topological polar surface area (TPSA) is 29.3 Å². The van der Waals surface area contributed by atoms with Crippen LogP contribution in [0.4, 0.5) is 5.69 Å². The fourth-order valence-electron chi connectivity index (χ4n) is 2.46. The van der Waals surface area contributed by atoms with Crippen LogP contribution in [-0.2, 0) is 13.0 Å². The van der Waals surface area contributed by atoms with Crippen molar-refractivity contribution in [2.45, 2.75) is 33.7 Å². The van der Waals surface area contributed by atoms with Gasteiger partial charge in [-0.15, -0.1) is 11.3 Å². The molecular weight excluding hydrogens is 266 g/mol. The monoisotopic (exact) mass is 285 g/mol. The molecule has 0 spiro atoms. The second-order valence-corrected chi connectivity index (χ2v) is 5.88. The third kappa shape index (κ3) is 2.31. The number of nitrogens with zero attached hydrogens (tertiary/aromatic N) is 2. The van der Waals surface area contributed by atoms with E-state index in [1.54, 1.807) is 11.3 Å². The summed E-state index contributed by atoms with van der Waals surface area (Å²) in [5, 5.41) is 5.67. The first-order valence-corrected chi connectivity index (χ1v) is 7.82. The summed E-state index contributed by atoms with van der Waals surface area (Å²) < 4.78 is 2.25. The van der Waals surface area contributed by atoms with Crippen LogP contribution in [0.15, 0.2) is 29.6 Å². The summed E-state index contributed by atoms with van der Waals surface area (Å²) >= 11 is 1.70. The molecule has 0 saturated heterocycles. The highest BCUT2D eigenvalue weighted by Gasteiger charge is 2.11. The van der Waals surface area contributed by atoms with Gasteiger partial charge >= 0.3 is 0 Å². The lowest BCUT2D eigenvalue weighted by atomic mass is 10.1. The first kappa shape index (κ1) is 13.2. The van der Waals surface area contributed by atoms with Gasteiger partial charge in [-0.1, -0.05) is 19.1 Å². The first-order chi connectivity index (χ1) is 9.69. The maximum Gasteiger partial charge on any atom is 0.194 e. The van der Waals surface area contributed by atoms with Crippen LogP contribution >= 0.6 is 11.3 Å². The Balaban J connectivity index is 1.86. The predicted octanol–water partition coefficient (Wildman–Crippen LogP) is 4.19. The summed E-state index contributed by atoms with van der Waals surface area (Å²) in [5.41, 5.74) is 6.15. The third-order valence-electron chi connectivity index (χ3n) is 3.62. The highest BCUT2D eigenvalue weighted by atomic mass is 32.1. The zero-order valence-corrected chi connectivity index (χ0v) is 12.9. The molecule has 3 aromatic rings. The minimum atomic E-state index is 0.803. The van der Waals surface area contributed by atoms with Crippen molar-refractivity contribution < 1.29 is 0 Å². The molecule has 104 valence electrons. The molecule has 0 atom stereocenters. The molecule has 0 aliphatic carbocycles. The molecule has 1 aromatic carbocycles. The second-order valence-electron chi connectivity index (χ2n) is 5.05. The van der Waals surface area contributed by atoms with Gasteiger partial charge in [0.2, 0.25) is 0 Å². The number of hydrogen-bond donors (Lipinski definition) is 1. The molecule has 20 heavy (non-hydrogen) atoms. The molecule has 0 fully saturated rings. The van der Waals surface area contributed by atoms with Crippen molar-refractivity contribution in [1.29, 1.82) is 0 Å². The van der Waals surface area contributed by atoms with E-state index in [1.165, 1.54) is 22.6 Å². The van der Waals surface area contributed by atoms with E-state index in [4.69, 9.17) is 0 Å². The summed E-state index contributed by atoms with van der Waals surface area (Å²) in [7, 11) is 0. The molecule has 0 aliphatic rings. The number of benzene rings is 1. The van der Waals surface area contributed by atoms with Crippen LogP contribution in [0, 0.1) is 13.8 Å². The Morgan fingerprint density at radius 2 is 2.15 bits per heavy atom. The number of nitrogens with one attached hydrogen (secondary N) is 1. The Labute approximate surface area is 123 Å². The van der Waals surface area contributed by atoms with Gasteiger partial charge in [0.05, 0.1) is 17.9 Å². The molecule has 0 unspecified atom stereocenters. The van der Waals surface area contributed by atoms with Crippen LogP contribution in [0.25, 0.3) is 4.96 Å². The molecule has 0 aliphatic heterocycles. The number of aromatic nitrogens is 2. The molecule has 0 amide bonds. The maximum atomic E-state index is 4.62. The summed E-state index contributed by atoms with van der Waals surface area (Å²) in [6.45, 7) is 7.20. The Bertz CT molecular complexity index is 739. The SMILES string of the molecule is CCc1cccc(NCc2c(C)nc3scc(C)n23)c1. The lowest BCUT2D eigenvalue weighted by molar-refractivity contribution is 0.965. The number of rotatable bonds is 4. The number of aryl methyl sites for hydroxylation is 3. The highest BCUT2D eigenvalue weighted by Crippen LogP contribution is 2.21. The van der Waals surface area contributed by atoms with Crippen molar-refractivity contribution in [3.63, 3.8) is 0 Å². The molecule has 0 radical (unpaired) electrons. The number of thiazole rings is 1. The lowest BCUT2D eigenvalue weighted by Gasteiger charge is -2.08. The average molecular weight is 285 g/mol. The summed E-state index contributed by atoms with van der Waals surface area (Å²) in [6.07, 6.45) is 1.06. The zero-order valence-electron chi connectivity index (χ0n) is 12.1. The summed E-state index contributed by atoms with van der Waals surface area (Å²) in [5.74, 6) is 0. The highest BCUT2D eigenvalue weighted by molar-refractivity contribution is 7.15. The van der Waals surface area contributed by atoms with E-state index in [1.807, 2.05) is 0 Å². The van der Waals surface area contributed by atoms with Crippen LogP contribution in [0.3, 0.4) is 0 Å². The molecule has 3 nitrogen and oxygen atoms in total. The van der Waals surface area contributed by atoms with Gasteiger partial charge in [-0.3, -0.25) is 4.40 Å². The number of imidazole rings is 1. The normalized spacial score (nSPS) is 11.2. The van der Waals surface area contributed by atoms with Crippen molar-refractivity contribution in [2.24, 2.45) is 0 Å². The van der Waals surface area contributed by atoms with Crippen molar-refractivity contribution >= 4 is 22.0 Å². The molecule has 1 N–H and O–H groups in total. The molecule has 2 aromatic heterocycles. The van der Waals surface area contributed by atoms with Crippen LogP contribution < -0.4 is 5.32 Å². The molecule has 0 bridgehead atoms. The van der Waals surface area contributed by atoms with Gasteiger partial charge in [0, 0.05) is 16.8 Å². The molecular formula is C16H19N3S.